The molecule has 0 amide bonds. The van der Waals surface area contributed by atoms with E-state index in [0.717, 1.165) is 19.5 Å². The highest BCUT2D eigenvalue weighted by atomic mass is 32.1. The van der Waals surface area contributed by atoms with Gasteiger partial charge in [-0.3, -0.25) is 0 Å². The molecule has 3 rings (SSSR count). The third-order valence-corrected chi connectivity index (χ3v) is 4.12. The second-order valence-electron chi connectivity index (χ2n) is 5.20. The summed E-state index contributed by atoms with van der Waals surface area (Å²) in [7, 11) is 0. The summed E-state index contributed by atoms with van der Waals surface area (Å²) < 4.78 is 13.6. The van der Waals surface area contributed by atoms with Crippen LogP contribution in [0.4, 0.5) is 10.1 Å². The van der Waals surface area contributed by atoms with Gasteiger partial charge in [-0.15, -0.1) is 0 Å². The molecule has 2 aromatic carbocycles. The molecular formula is C18H17FN2S. The van der Waals surface area contributed by atoms with E-state index in [0.29, 0.717) is 10.8 Å². The number of hydrogen-bond acceptors (Lipinski definition) is 1. The van der Waals surface area contributed by atoms with Crippen molar-refractivity contribution in [1.82, 2.24) is 4.90 Å². The number of nitrogens with zero attached hydrogens (tertiary/aromatic N) is 1. The molecule has 112 valence electrons. The minimum Gasteiger partial charge on any atom is -0.345 e. The normalized spacial score (nSPS) is 14.4. The summed E-state index contributed by atoms with van der Waals surface area (Å²) in [5, 5.41) is 3.55. The Kier molecular flexibility index (Phi) is 4.49. The second kappa shape index (κ2) is 6.71. The Balaban J connectivity index is 1.65. The summed E-state index contributed by atoms with van der Waals surface area (Å²) in [5.74, 6) is -0.289. The first kappa shape index (κ1) is 14.7. The number of benzene rings is 2. The lowest BCUT2D eigenvalue weighted by molar-refractivity contribution is 0.466. The molecule has 0 bridgehead atoms. The number of hydrogen-bond donors (Lipinski definition) is 1. The molecule has 1 aliphatic rings. The molecule has 0 atom stereocenters. The van der Waals surface area contributed by atoms with Crippen LogP contribution in [-0.4, -0.2) is 23.1 Å². The molecule has 0 unspecified atom stereocenters. The van der Waals surface area contributed by atoms with Crippen LogP contribution in [0.2, 0.25) is 0 Å². The number of halogens is 1. The predicted molar refractivity (Wildman–Crippen MR) is 93.2 cm³/mol. The predicted octanol–water partition coefficient (Wildman–Crippen LogP) is 4.31. The monoisotopic (exact) mass is 312 g/mol. The quantitative estimate of drug-likeness (QED) is 0.832. The van der Waals surface area contributed by atoms with Crippen molar-refractivity contribution in [3.05, 3.63) is 72.1 Å². The number of anilines is 1. The highest BCUT2D eigenvalue weighted by Crippen LogP contribution is 2.22. The highest BCUT2D eigenvalue weighted by Gasteiger charge is 2.16. The van der Waals surface area contributed by atoms with Crippen molar-refractivity contribution in [1.29, 1.82) is 0 Å². The van der Waals surface area contributed by atoms with Gasteiger partial charge in [-0.1, -0.05) is 48.5 Å². The number of thiocarbonyl (C=S) groups is 1. The van der Waals surface area contributed by atoms with Gasteiger partial charge in [-0.05, 0) is 41.9 Å². The van der Waals surface area contributed by atoms with Crippen LogP contribution >= 0.6 is 12.2 Å². The van der Waals surface area contributed by atoms with E-state index in [1.54, 1.807) is 18.2 Å². The van der Waals surface area contributed by atoms with Gasteiger partial charge in [0.25, 0.3) is 0 Å². The molecular weight excluding hydrogens is 295 g/mol. The van der Waals surface area contributed by atoms with Crippen molar-refractivity contribution in [2.45, 2.75) is 6.42 Å². The van der Waals surface area contributed by atoms with Gasteiger partial charge in [0.2, 0.25) is 0 Å². The number of rotatable bonds is 2. The molecule has 0 saturated heterocycles. The van der Waals surface area contributed by atoms with Gasteiger partial charge in [0.15, 0.2) is 5.11 Å². The molecule has 1 N–H and O–H groups in total. The average molecular weight is 312 g/mol. The second-order valence-corrected chi connectivity index (χ2v) is 5.59. The Bertz CT molecular complexity index is 697. The minimum absolute atomic E-state index is 0.289. The zero-order chi connectivity index (χ0) is 15.4. The van der Waals surface area contributed by atoms with Gasteiger partial charge in [0, 0.05) is 13.1 Å². The summed E-state index contributed by atoms with van der Waals surface area (Å²) in [6, 6.07) is 16.9. The summed E-state index contributed by atoms with van der Waals surface area (Å²) in [6.07, 6.45) is 3.12. The molecule has 0 saturated carbocycles. The molecule has 22 heavy (non-hydrogen) atoms. The Hall–Kier alpha value is -2.20. The average Bonchev–Trinajstić information content (AvgIpc) is 2.58. The van der Waals surface area contributed by atoms with Crippen molar-refractivity contribution in [3.63, 3.8) is 0 Å². The van der Waals surface area contributed by atoms with E-state index >= 15 is 0 Å². The first-order valence-corrected chi connectivity index (χ1v) is 7.70. The van der Waals surface area contributed by atoms with Gasteiger partial charge < -0.3 is 10.2 Å². The Morgan fingerprint density at radius 3 is 2.45 bits per heavy atom. The smallest absolute Gasteiger partial charge is 0.173 e. The van der Waals surface area contributed by atoms with E-state index in [4.69, 9.17) is 12.2 Å². The minimum atomic E-state index is -0.289. The van der Waals surface area contributed by atoms with Crippen LogP contribution in [-0.2, 0) is 0 Å². The van der Waals surface area contributed by atoms with Crippen LogP contribution in [0, 0.1) is 5.82 Å². The van der Waals surface area contributed by atoms with E-state index < -0.39 is 0 Å². The van der Waals surface area contributed by atoms with E-state index in [1.165, 1.54) is 17.2 Å². The molecule has 0 fully saturated rings. The summed E-state index contributed by atoms with van der Waals surface area (Å²) in [5.41, 5.74) is 3.02. The van der Waals surface area contributed by atoms with Crippen molar-refractivity contribution < 1.29 is 4.39 Å². The fourth-order valence-electron chi connectivity index (χ4n) is 2.52. The molecule has 0 radical (unpaired) electrons. The molecule has 0 aliphatic carbocycles. The maximum atomic E-state index is 13.6. The standard InChI is InChI=1S/C18H17FN2S/c19-16-8-4-5-9-17(16)20-18(22)21-12-10-15(11-13-21)14-6-2-1-3-7-14/h1-10H,11-13H2,(H,20,22). The molecule has 0 spiro atoms. The zero-order valence-electron chi connectivity index (χ0n) is 12.1. The number of para-hydroxylation sites is 1. The lowest BCUT2D eigenvalue weighted by atomic mass is 10.00. The van der Waals surface area contributed by atoms with Gasteiger partial charge in [0.05, 0.1) is 5.69 Å². The molecule has 4 heteroatoms. The van der Waals surface area contributed by atoms with Crippen molar-refractivity contribution in [2.75, 3.05) is 18.4 Å². The van der Waals surface area contributed by atoms with Crippen LogP contribution in [0.15, 0.2) is 60.7 Å². The third-order valence-electron chi connectivity index (χ3n) is 3.76. The van der Waals surface area contributed by atoms with E-state index in [-0.39, 0.29) is 5.82 Å². The largest absolute Gasteiger partial charge is 0.345 e. The van der Waals surface area contributed by atoms with Crippen molar-refractivity contribution >= 4 is 28.6 Å². The van der Waals surface area contributed by atoms with Crippen LogP contribution in [0.25, 0.3) is 5.57 Å². The van der Waals surface area contributed by atoms with Crippen LogP contribution in [0.5, 0.6) is 0 Å². The fourth-order valence-corrected chi connectivity index (χ4v) is 2.80. The molecule has 1 aliphatic heterocycles. The lowest BCUT2D eigenvalue weighted by Gasteiger charge is -2.29. The Labute approximate surface area is 135 Å². The van der Waals surface area contributed by atoms with Crippen LogP contribution in [0.1, 0.15) is 12.0 Å². The SMILES string of the molecule is Fc1ccccc1NC(=S)N1CC=C(c2ccccc2)CC1. The van der Waals surface area contributed by atoms with E-state index in [9.17, 15) is 4.39 Å². The van der Waals surface area contributed by atoms with Crippen LogP contribution in [0.3, 0.4) is 0 Å². The molecule has 2 nitrogen and oxygen atoms in total. The summed E-state index contributed by atoms with van der Waals surface area (Å²) >= 11 is 5.39. The van der Waals surface area contributed by atoms with Gasteiger partial charge in [-0.25, -0.2) is 4.39 Å². The maximum Gasteiger partial charge on any atom is 0.173 e. The summed E-state index contributed by atoms with van der Waals surface area (Å²) in [6.45, 7) is 1.57. The third kappa shape index (κ3) is 3.34. The van der Waals surface area contributed by atoms with E-state index in [1.807, 2.05) is 23.1 Å². The number of nitrogens with one attached hydrogen (secondary N) is 1. The first-order valence-electron chi connectivity index (χ1n) is 7.29. The van der Waals surface area contributed by atoms with Gasteiger partial charge in [-0.2, -0.15) is 0 Å². The molecule has 0 aromatic heterocycles. The van der Waals surface area contributed by atoms with Crippen molar-refractivity contribution in [2.24, 2.45) is 0 Å². The van der Waals surface area contributed by atoms with Gasteiger partial charge in [0.1, 0.15) is 5.82 Å². The van der Waals surface area contributed by atoms with E-state index in [2.05, 4.69) is 23.5 Å². The molecule has 2 aromatic rings. The maximum absolute atomic E-state index is 13.6. The fraction of sp³-hybridized carbons (Fsp3) is 0.167. The Morgan fingerprint density at radius 2 is 1.77 bits per heavy atom. The highest BCUT2D eigenvalue weighted by molar-refractivity contribution is 7.80. The molecule has 1 heterocycles. The topological polar surface area (TPSA) is 15.3 Å². The van der Waals surface area contributed by atoms with Gasteiger partial charge >= 0.3 is 0 Å². The first-order chi connectivity index (χ1) is 10.7. The Morgan fingerprint density at radius 1 is 1.05 bits per heavy atom. The zero-order valence-corrected chi connectivity index (χ0v) is 12.9. The lowest BCUT2D eigenvalue weighted by Crippen LogP contribution is -2.37. The summed E-state index contributed by atoms with van der Waals surface area (Å²) in [4.78, 5) is 2.05. The van der Waals surface area contributed by atoms with Crippen molar-refractivity contribution in [3.8, 4) is 0 Å². The van der Waals surface area contributed by atoms with Crippen LogP contribution < -0.4 is 5.32 Å².